The summed E-state index contributed by atoms with van der Waals surface area (Å²) < 4.78 is 72.1. The average molecular weight is 452 g/mol. The fourth-order valence-corrected chi connectivity index (χ4v) is 4.77. The topological polar surface area (TPSA) is 73.2 Å². The minimum Gasteiger partial charge on any atom is -0.496 e. The Labute approximate surface area is 167 Å². The standard InChI is InChI=1S/C16H13ClF3N3O3S2/c1-23-15(7-12(21-23)13-6-10(26-2)8-27-13)22-28(24,25)14-4-3-9(5-11(14)17)16(18,19)20/h3-8,22H,1-2H3. The van der Waals surface area contributed by atoms with Crippen molar-refractivity contribution in [2.75, 3.05) is 11.8 Å². The second-order valence-electron chi connectivity index (χ2n) is 5.64. The maximum atomic E-state index is 12.7. The highest BCUT2D eigenvalue weighted by Gasteiger charge is 2.32. The molecule has 0 unspecified atom stereocenters. The molecule has 0 amide bonds. The molecule has 3 aromatic rings. The Hall–Kier alpha value is -2.24. The van der Waals surface area contributed by atoms with Crippen molar-refractivity contribution in [3.63, 3.8) is 0 Å². The zero-order chi connectivity index (χ0) is 20.7. The molecule has 1 aromatic carbocycles. The molecular weight excluding hydrogens is 439 g/mol. The number of halogens is 4. The van der Waals surface area contributed by atoms with Gasteiger partial charge in [0.2, 0.25) is 0 Å². The summed E-state index contributed by atoms with van der Waals surface area (Å²) in [6, 6.07) is 5.30. The lowest BCUT2D eigenvalue weighted by Crippen LogP contribution is -2.16. The summed E-state index contributed by atoms with van der Waals surface area (Å²) in [5.41, 5.74) is -0.530. The molecule has 0 fully saturated rings. The van der Waals surface area contributed by atoms with E-state index < -0.39 is 31.7 Å². The van der Waals surface area contributed by atoms with E-state index in [-0.39, 0.29) is 5.82 Å². The van der Waals surface area contributed by atoms with Crippen LogP contribution in [0.5, 0.6) is 5.75 Å². The summed E-state index contributed by atoms with van der Waals surface area (Å²) in [7, 11) is -1.17. The number of sulfonamides is 1. The number of benzene rings is 1. The highest BCUT2D eigenvalue weighted by Crippen LogP contribution is 2.35. The van der Waals surface area contributed by atoms with Gasteiger partial charge in [-0.15, -0.1) is 11.3 Å². The van der Waals surface area contributed by atoms with E-state index in [0.717, 1.165) is 10.9 Å². The van der Waals surface area contributed by atoms with Crippen molar-refractivity contribution in [2.24, 2.45) is 7.05 Å². The molecule has 0 aliphatic rings. The smallest absolute Gasteiger partial charge is 0.416 e. The number of hydrogen-bond donors (Lipinski definition) is 1. The molecule has 12 heteroatoms. The molecule has 0 spiro atoms. The van der Waals surface area contributed by atoms with Crippen molar-refractivity contribution in [3.8, 4) is 16.3 Å². The molecule has 28 heavy (non-hydrogen) atoms. The number of aromatic nitrogens is 2. The average Bonchev–Trinajstić information content (AvgIpc) is 3.20. The molecule has 2 heterocycles. The van der Waals surface area contributed by atoms with Gasteiger partial charge in [-0.25, -0.2) is 8.42 Å². The van der Waals surface area contributed by atoms with Gasteiger partial charge in [0.1, 0.15) is 22.2 Å². The number of alkyl halides is 3. The van der Waals surface area contributed by atoms with Crippen LogP contribution < -0.4 is 9.46 Å². The molecule has 0 atom stereocenters. The SMILES string of the molecule is COc1csc(-c2cc(NS(=O)(=O)c3ccc(C(F)(F)F)cc3Cl)n(C)n2)c1. The fraction of sp³-hybridized carbons (Fsp3) is 0.188. The van der Waals surface area contributed by atoms with Crippen molar-refractivity contribution in [1.82, 2.24) is 9.78 Å². The third-order valence-electron chi connectivity index (χ3n) is 3.73. The second-order valence-corrected chi connectivity index (χ2v) is 8.61. The molecule has 2 aromatic heterocycles. The third kappa shape index (κ3) is 4.10. The van der Waals surface area contributed by atoms with Crippen LogP contribution in [0.4, 0.5) is 19.0 Å². The number of nitrogens with zero attached hydrogens (tertiary/aromatic N) is 2. The summed E-state index contributed by atoms with van der Waals surface area (Å²) >= 11 is 7.16. The maximum absolute atomic E-state index is 12.7. The van der Waals surface area contributed by atoms with E-state index in [1.807, 2.05) is 0 Å². The number of aryl methyl sites for hydroxylation is 1. The Kier molecular flexibility index (Phi) is 5.34. The normalized spacial score (nSPS) is 12.2. The molecular formula is C16H13ClF3N3O3S2. The number of nitrogens with one attached hydrogen (secondary N) is 1. The van der Waals surface area contributed by atoms with Crippen LogP contribution in [-0.2, 0) is 23.2 Å². The molecule has 6 nitrogen and oxygen atoms in total. The summed E-state index contributed by atoms with van der Waals surface area (Å²) in [6.07, 6.45) is -4.63. The van der Waals surface area contributed by atoms with Crippen LogP contribution in [-0.4, -0.2) is 25.3 Å². The highest BCUT2D eigenvalue weighted by atomic mass is 35.5. The lowest BCUT2D eigenvalue weighted by molar-refractivity contribution is -0.137. The number of thiophene rings is 1. The Balaban J connectivity index is 1.91. The van der Waals surface area contributed by atoms with Crippen LogP contribution >= 0.6 is 22.9 Å². The first-order valence-corrected chi connectivity index (χ1v) is 10.3. The molecule has 0 saturated carbocycles. The Morgan fingerprint density at radius 2 is 1.96 bits per heavy atom. The summed E-state index contributed by atoms with van der Waals surface area (Å²) in [6.45, 7) is 0. The molecule has 0 aliphatic heterocycles. The Morgan fingerprint density at radius 3 is 2.54 bits per heavy atom. The molecule has 0 aliphatic carbocycles. The largest absolute Gasteiger partial charge is 0.496 e. The number of hydrogen-bond acceptors (Lipinski definition) is 5. The fourth-order valence-electron chi connectivity index (χ4n) is 2.33. The zero-order valence-electron chi connectivity index (χ0n) is 14.4. The third-order valence-corrected chi connectivity index (χ3v) is 6.50. The van der Waals surface area contributed by atoms with E-state index >= 15 is 0 Å². The van der Waals surface area contributed by atoms with Gasteiger partial charge < -0.3 is 4.74 Å². The summed E-state index contributed by atoms with van der Waals surface area (Å²) in [5, 5.41) is 5.48. The van der Waals surface area contributed by atoms with E-state index in [9.17, 15) is 21.6 Å². The van der Waals surface area contributed by atoms with E-state index in [4.69, 9.17) is 16.3 Å². The molecule has 0 radical (unpaired) electrons. The van der Waals surface area contributed by atoms with Crippen LogP contribution in [0, 0.1) is 0 Å². The highest BCUT2D eigenvalue weighted by molar-refractivity contribution is 7.92. The van der Waals surface area contributed by atoms with Crippen molar-refractivity contribution in [3.05, 3.63) is 46.3 Å². The Bertz CT molecular complexity index is 1120. The minimum absolute atomic E-state index is 0.123. The van der Waals surface area contributed by atoms with Gasteiger partial charge in [0.15, 0.2) is 0 Å². The van der Waals surface area contributed by atoms with Crippen LogP contribution in [0.1, 0.15) is 5.56 Å². The van der Waals surface area contributed by atoms with Crippen LogP contribution in [0.15, 0.2) is 40.6 Å². The number of ether oxygens (including phenoxy) is 1. The van der Waals surface area contributed by atoms with Gasteiger partial charge in [0, 0.05) is 24.6 Å². The predicted molar refractivity (Wildman–Crippen MR) is 100 cm³/mol. The monoisotopic (exact) mass is 451 g/mol. The van der Waals surface area contributed by atoms with Gasteiger partial charge in [0.25, 0.3) is 10.0 Å². The zero-order valence-corrected chi connectivity index (χ0v) is 16.8. The number of anilines is 1. The van der Waals surface area contributed by atoms with Crippen LogP contribution in [0.3, 0.4) is 0 Å². The van der Waals surface area contributed by atoms with Crippen molar-refractivity contribution in [1.29, 1.82) is 0 Å². The van der Waals surface area contributed by atoms with E-state index in [1.54, 1.807) is 11.4 Å². The Morgan fingerprint density at radius 1 is 1.25 bits per heavy atom. The van der Waals surface area contributed by atoms with E-state index in [0.29, 0.717) is 23.6 Å². The maximum Gasteiger partial charge on any atom is 0.416 e. The lowest BCUT2D eigenvalue weighted by Gasteiger charge is -2.12. The minimum atomic E-state index is -4.63. The first-order chi connectivity index (χ1) is 13.0. The van der Waals surface area contributed by atoms with Gasteiger partial charge in [-0.1, -0.05) is 11.6 Å². The van der Waals surface area contributed by atoms with Gasteiger partial charge in [-0.3, -0.25) is 9.40 Å². The number of rotatable bonds is 5. The first-order valence-electron chi connectivity index (χ1n) is 7.58. The predicted octanol–water partition coefficient (Wildman–Crippen LogP) is 4.63. The lowest BCUT2D eigenvalue weighted by atomic mass is 10.2. The summed E-state index contributed by atoms with van der Waals surface area (Å²) in [5.74, 6) is 0.766. The van der Waals surface area contributed by atoms with Crippen molar-refractivity contribution < 1.29 is 26.3 Å². The van der Waals surface area contributed by atoms with Crippen molar-refractivity contribution in [2.45, 2.75) is 11.1 Å². The van der Waals surface area contributed by atoms with Crippen LogP contribution in [0.25, 0.3) is 10.6 Å². The molecule has 0 saturated heterocycles. The van der Waals surface area contributed by atoms with Gasteiger partial charge in [-0.2, -0.15) is 18.3 Å². The summed E-state index contributed by atoms with van der Waals surface area (Å²) in [4.78, 5) is 0.285. The van der Waals surface area contributed by atoms with Crippen molar-refractivity contribution >= 4 is 38.8 Å². The van der Waals surface area contributed by atoms with Crippen LogP contribution in [0.2, 0.25) is 5.02 Å². The second kappa shape index (κ2) is 7.30. The van der Waals surface area contributed by atoms with E-state index in [1.165, 1.54) is 36.2 Å². The molecule has 1 N–H and O–H groups in total. The van der Waals surface area contributed by atoms with Gasteiger partial charge in [-0.05, 0) is 18.2 Å². The van der Waals surface area contributed by atoms with E-state index in [2.05, 4.69) is 9.82 Å². The first kappa shape index (κ1) is 20.5. The molecule has 3 rings (SSSR count). The van der Waals surface area contributed by atoms with Gasteiger partial charge >= 0.3 is 6.18 Å². The van der Waals surface area contributed by atoms with Gasteiger partial charge in [0.05, 0.1) is 22.6 Å². The molecule has 0 bridgehead atoms. The quantitative estimate of drug-likeness (QED) is 0.613. The number of methoxy groups -OCH3 is 1. The molecule has 150 valence electrons.